The van der Waals surface area contributed by atoms with E-state index >= 15 is 0 Å². The summed E-state index contributed by atoms with van der Waals surface area (Å²) in [6.07, 6.45) is 1.56. The third kappa shape index (κ3) is 4.33. The standard InChI is InChI=1S/C12H21N3O2/c1-9(16)6-15(3)7-11(17)14-12(2,8-13)10-4-5-10/h9-10,16H,4-7H2,1-3H3,(H,14,17). The average Bonchev–Trinajstić information content (AvgIpc) is 2.98. The van der Waals surface area contributed by atoms with Gasteiger partial charge in [-0.05, 0) is 39.7 Å². The molecule has 0 bridgehead atoms. The molecule has 1 saturated carbocycles. The van der Waals surface area contributed by atoms with Gasteiger partial charge >= 0.3 is 0 Å². The zero-order chi connectivity index (χ0) is 13.1. The van der Waals surface area contributed by atoms with Gasteiger partial charge in [-0.1, -0.05) is 0 Å². The van der Waals surface area contributed by atoms with Gasteiger partial charge in [0, 0.05) is 6.54 Å². The first kappa shape index (κ1) is 13.9. The number of rotatable bonds is 6. The molecule has 17 heavy (non-hydrogen) atoms. The second kappa shape index (κ2) is 5.48. The second-order valence-corrected chi connectivity index (χ2v) is 5.18. The van der Waals surface area contributed by atoms with E-state index in [2.05, 4.69) is 11.4 Å². The van der Waals surface area contributed by atoms with E-state index in [4.69, 9.17) is 5.26 Å². The number of carbonyl (C=O) groups is 1. The van der Waals surface area contributed by atoms with Crippen LogP contribution in [0.25, 0.3) is 0 Å². The number of likely N-dealkylation sites (N-methyl/N-ethyl adjacent to an activating group) is 1. The topological polar surface area (TPSA) is 76.4 Å². The summed E-state index contributed by atoms with van der Waals surface area (Å²) in [7, 11) is 1.77. The van der Waals surface area contributed by atoms with Gasteiger partial charge in [-0.2, -0.15) is 5.26 Å². The molecule has 0 aromatic rings. The zero-order valence-electron chi connectivity index (χ0n) is 10.7. The van der Waals surface area contributed by atoms with Crippen molar-refractivity contribution in [2.45, 2.75) is 38.3 Å². The number of aliphatic hydroxyl groups is 1. The van der Waals surface area contributed by atoms with Crippen molar-refractivity contribution in [1.82, 2.24) is 10.2 Å². The van der Waals surface area contributed by atoms with Crippen LogP contribution in [-0.2, 0) is 4.79 Å². The lowest BCUT2D eigenvalue weighted by Crippen LogP contribution is -2.50. The summed E-state index contributed by atoms with van der Waals surface area (Å²) in [6.45, 7) is 4.10. The molecule has 0 heterocycles. The maximum Gasteiger partial charge on any atom is 0.235 e. The summed E-state index contributed by atoms with van der Waals surface area (Å²) in [6, 6.07) is 2.19. The molecule has 0 radical (unpaired) electrons. The quantitative estimate of drug-likeness (QED) is 0.689. The largest absolute Gasteiger partial charge is 0.392 e. The molecule has 2 atom stereocenters. The van der Waals surface area contributed by atoms with Crippen molar-refractivity contribution in [3.63, 3.8) is 0 Å². The summed E-state index contributed by atoms with van der Waals surface area (Å²) in [5, 5.41) is 21.1. The van der Waals surface area contributed by atoms with Crippen LogP contribution in [0.3, 0.4) is 0 Å². The molecule has 1 rings (SSSR count). The molecule has 0 aromatic heterocycles. The number of nitrogens with zero attached hydrogens (tertiary/aromatic N) is 2. The van der Waals surface area contributed by atoms with E-state index in [0.29, 0.717) is 12.5 Å². The Bertz CT molecular complexity index is 320. The molecule has 0 aliphatic heterocycles. The van der Waals surface area contributed by atoms with Crippen LogP contribution in [0.2, 0.25) is 0 Å². The van der Waals surface area contributed by atoms with Crippen LogP contribution in [0.4, 0.5) is 0 Å². The van der Waals surface area contributed by atoms with Crippen LogP contribution in [0, 0.1) is 17.2 Å². The Kier molecular flexibility index (Phi) is 4.49. The van der Waals surface area contributed by atoms with E-state index < -0.39 is 11.6 Å². The molecule has 2 unspecified atom stereocenters. The maximum atomic E-state index is 11.8. The highest BCUT2D eigenvalue weighted by Crippen LogP contribution is 2.39. The van der Waals surface area contributed by atoms with Crippen molar-refractivity contribution in [3.05, 3.63) is 0 Å². The number of carbonyl (C=O) groups excluding carboxylic acids is 1. The summed E-state index contributed by atoms with van der Waals surface area (Å²) < 4.78 is 0. The van der Waals surface area contributed by atoms with Crippen LogP contribution in [-0.4, -0.2) is 47.7 Å². The van der Waals surface area contributed by atoms with Crippen LogP contribution in [0.15, 0.2) is 0 Å². The van der Waals surface area contributed by atoms with Crippen molar-refractivity contribution in [2.24, 2.45) is 5.92 Å². The minimum Gasteiger partial charge on any atom is -0.392 e. The van der Waals surface area contributed by atoms with Gasteiger partial charge in [0.1, 0.15) is 5.54 Å². The van der Waals surface area contributed by atoms with Gasteiger partial charge in [0.2, 0.25) is 5.91 Å². The number of hydrogen-bond donors (Lipinski definition) is 2. The fraction of sp³-hybridized carbons (Fsp3) is 0.833. The van der Waals surface area contributed by atoms with Crippen molar-refractivity contribution in [1.29, 1.82) is 5.26 Å². The molecule has 5 heteroatoms. The van der Waals surface area contributed by atoms with E-state index in [1.807, 2.05) is 0 Å². The van der Waals surface area contributed by atoms with Crippen molar-refractivity contribution in [2.75, 3.05) is 20.1 Å². The van der Waals surface area contributed by atoms with E-state index in [1.54, 1.807) is 25.8 Å². The minimum atomic E-state index is -0.733. The van der Waals surface area contributed by atoms with Crippen molar-refractivity contribution in [3.8, 4) is 6.07 Å². The first-order valence-corrected chi connectivity index (χ1v) is 5.96. The van der Waals surface area contributed by atoms with Crippen LogP contribution in [0.1, 0.15) is 26.7 Å². The predicted molar refractivity (Wildman–Crippen MR) is 64.1 cm³/mol. The maximum absolute atomic E-state index is 11.8. The summed E-state index contributed by atoms with van der Waals surface area (Å²) in [5.74, 6) is 0.127. The molecule has 96 valence electrons. The molecule has 1 aliphatic carbocycles. The molecule has 1 amide bonds. The lowest BCUT2D eigenvalue weighted by Gasteiger charge is -2.25. The highest BCUT2D eigenvalue weighted by atomic mass is 16.3. The van der Waals surface area contributed by atoms with Gasteiger partial charge in [0.25, 0.3) is 0 Å². The van der Waals surface area contributed by atoms with Crippen LogP contribution >= 0.6 is 0 Å². The first-order valence-electron chi connectivity index (χ1n) is 5.96. The average molecular weight is 239 g/mol. The monoisotopic (exact) mass is 239 g/mol. The Morgan fingerprint density at radius 3 is 2.71 bits per heavy atom. The molecule has 0 saturated heterocycles. The molecule has 2 N–H and O–H groups in total. The molecular weight excluding hydrogens is 218 g/mol. The number of hydrogen-bond acceptors (Lipinski definition) is 4. The van der Waals surface area contributed by atoms with Gasteiger partial charge in [0.05, 0.1) is 18.7 Å². The third-order valence-electron chi connectivity index (χ3n) is 3.01. The van der Waals surface area contributed by atoms with E-state index in [9.17, 15) is 9.90 Å². The van der Waals surface area contributed by atoms with E-state index in [0.717, 1.165) is 12.8 Å². The second-order valence-electron chi connectivity index (χ2n) is 5.18. The van der Waals surface area contributed by atoms with Crippen LogP contribution in [0.5, 0.6) is 0 Å². The third-order valence-corrected chi connectivity index (χ3v) is 3.01. The Hall–Kier alpha value is -1.12. The molecule has 5 nitrogen and oxygen atoms in total. The van der Waals surface area contributed by atoms with Crippen molar-refractivity contribution >= 4 is 5.91 Å². The van der Waals surface area contributed by atoms with Gasteiger partial charge in [-0.3, -0.25) is 9.69 Å². The highest BCUT2D eigenvalue weighted by molar-refractivity contribution is 5.79. The number of amides is 1. The summed E-state index contributed by atoms with van der Waals surface area (Å²) in [5.41, 5.74) is -0.733. The van der Waals surface area contributed by atoms with Gasteiger partial charge in [0.15, 0.2) is 0 Å². The summed E-state index contributed by atoms with van der Waals surface area (Å²) >= 11 is 0. The lowest BCUT2D eigenvalue weighted by molar-refractivity contribution is -0.123. The Morgan fingerprint density at radius 1 is 1.71 bits per heavy atom. The van der Waals surface area contributed by atoms with Gasteiger partial charge in [-0.15, -0.1) is 0 Å². The predicted octanol–water partition coefficient (Wildman–Crippen LogP) is 0.107. The highest BCUT2D eigenvalue weighted by Gasteiger charge is 2.42. The molecular formula is C12H21N3O2. The fourth-order valence-corrected chi connectivity index (χ4v) is 1.97. The smallest absolute Gasteiger partial charge is 0.235 e. The van der Waals surface area contributed by atoms with Crippen molar-refractivity contribution < 1.29 is 9.90 Å². The molecule has 1 aliphatic rings. The Labute approximate surface area is 102 Å². The number of nitrogens with one attached hydrogen (secondary N) is 1. The number of aliphatic hydroxyl groups excluding tert-OH is 1. The normalized spacial score (nSPS) is 20.5. The summed E-state index contributed by atoms with van der Waals surface area (Å²) in [4.78, 5) is 13.5. The van der Waals surface area contributed by atoms with E-state index in [1.165, 1.54) is 0 Å². The number of nitriles is 1. The van der Waals surface area contributed by atoms with Crippen LogP contribution < -0.4 is 5.32 Å². The molecule has 1 fully saturated rings. The molecule has 0 aromatic carbocycles. The lowest BCUT2D eigenvalue weighted by atomic mass is 9.98. The Balaban J connectivity index is 2.41. The van der Waals surface area contributed by atoms with E-state index in [-0.39, 0.29) is 12.5 Å². The molecule has 0 spiro atoms. The Morgan fingerprint density at radius 2 is 2.29 bits per heavy atom. The zero-order valence-corrected chi connectivity index (χ0v) is 10.7. The minimum absolute atomic E-state index is 0.163. The SMILES string of the molecule is CC(O)CN(C)CC(=O)NC(C)(C#N)C1CC1. The first-order chi connectivity index (χ1) is 7.87. The van der Waals surface area contributed by atoms with Gasteiger partial charge in [-0.25, -0.2) is 0 Å². The van der Waals surface area contributed by atoms with Gasteiger partial charge < -0.3 is 10.4 Å². The fourth-order valence-electron chi connectivity index (χ4n) is 1.97.